The molecule has 0 saturated carbocycles. The molecule has 0 unspecified atom stereocenters. The lowest BCUT2D eigenvalue weighted by atomic mass is 10.1. The molecular weight excluding hydrogens is 350 g/mol. The summed E-state index contributed by atoms with van der Waals surface area (Å²) in [6.07, 6.45) is -4.42. The predicted molar refractivity (Wildman–Crippen MR) is 79.0 cm³/mol. The Bertz CT molecular complexity index is 719. The first-order valence-electron chi connectivity index (χ1n) is 6.69. The van der Waals surface area contributed by atoms with Gasteiger partial charge in [0.25, 0.3) is 5.82 Å². The highest BCUT2D eigenvalue weighted by Crippen LogP contribution is 2.28. The Morgan fingerprint density at radius 1 is 1.29 bits per heavy atom. The van der Waals surface area contributed by atoms with Crippen molar-refractivity contribution in [3.8, 4) is 0 Å². The van der Waals surface area contributed by atoms with Crippen molar-refractivity contribution in [2.45, 2.75) is 17.8 Å². The summed E-state index contributed by atoms with van der Waals surface area (Å²) in [5.41, 5.74) is 0.460. The van der Waals surface area contributed by atoms with Gasteiger partial charge in [-0.1, -0.05) is 30.0 Å². The topological polar surface area (TPSA) is 85.8 Å². The van der Waals surface area contributed by atoms with E-state index in [1.165, 1.54) is 6.07 Å². The van der Waals surface area contributed by atoms with Crippen LogP contribution in [-0.4, -0.2) is 33.1 Å². The Balaban J connectivity index is 1.80. The Labute approximate surface area is 138 Å². The van der Waals surface area contributed by atoms with E-state index in [1.54, 1.807) is 18.2 Å². The summed E-state index contributed by atoms with van der Waals surface area (Å²) in [6.45, 7) is 0.198. The summed E-state index contributed by atoms with van der Waals surface area (Å²) < 4.78 is 51.2. The molecule has 0 radical (unpaired) electrons. The van der Waals surface area contributed by atoms with Gasteiger partial charge in [0.1, 0.15) is 5.82 Å². The van der Waals surface area contributed by atoms with Crippen molar-refractivity contribution in [1.82, 2.24) is 20.2 Å². The SMILES string of the molecule is Nn1c(SCC(=O)NCCc2ccccc2F)nnc1C(F)(F)F. The molecule has 0 atom stereocenters. The molecule has 11 heteroatoms. The number of aromatic nitrogens is 3. The average Bonchev–Trinajstić information content (AvgIpc) is 2.88. The smallest absolute Gasteiger partial charge is 0.355 e. The molecule has 0 fully saturated rings. The zero-order valence-electron chi connectivity index (χ0n) is 12.2. The molecule has 2 aromatic rings. The number of carbonyl (C=O) groups excluding carboxylic acids is 1. The summed E-state index contributed by atoms with van der Waals surface area (Å²) in [4.78, 5) is 11.7. The van der Waals surface area contributed by atoms with E-state index >= 15 is 0 Å². The lowest BCUT2D eigenvalue weighted by molar-refractivity contribution is -0.146. The van der Waals surface area contributed by atoms with Gasteiger partial charge in [0.15, 0.2) is 0 Å². The lowest BCUT2D eigenvalue weighted by Crippen LogP contribution is -2.28. The Morgan fingerprint density at radius 2 is 2.00 bits per heavy atom. The first kappa shape index (κ1) is 18.0. The number of rotatable bonds is 6. The van der Waals surface area contributed by atoms with Crippen LogP contribution in [0.25, 0.3) is 0 Å². The van der Waals surface area contributed by atoms with Crippen LogP contribution < -0.4 is 11.2 Å². The third-order valence-electron chi connectivity index (χ3n) is 2.92. The van der Waals surface area contributed by atoms with Crippen molar-refractivity contribution in [1.29, 1.82) is 0 Å². The van der Waals surface area contributed by atoms with Crippen LogP contribution in [0.1, 0.15) is 11.4 Å². The normalized spacial score (nSPS) is 11.5. The molecule has 24 heavy (non-hydrogen) atoms. The van der Waals surface area contributed by atoms with Crippen molar-refractivity contribution in [2.75, 3.05) is 18.1 Å². The third kappa shape index (κ3) is 4.60. The molecule has 0 aliphatic carbocycles. The van der Waals surface area contributed by atoms with Crippen LogP contribution in [0, 0.1) is 5.82 Å². The molecule has 2 rings (SSSR count). The fraction of sp³-hybridized carbons (Fsp3) is 0.308. The minimum absolute atomic E-state index is 0.190. The number of halogens is 4. The monoisotopic (exact) mass is 363 g/mol. The van der Waals surface area contributed by atoms with Gasteiger partial charge >= 0.3 is 6.18 Å². The molecule has 1 aromatic carbocycles. The number of nitrogens with one attached hydrogen (secondary N) is 1. The predicted octanol–water partition coefficient (Wildman–Crippen LogP) is 1.60. The minimum Gasteiger partial charge on any atom is -0.355 e. The van der Waals surface area contributed by atoms with E-state index in [0.29, 0.717) is 12.0 Å². The van der Waals surface area contributed by atoms with Gasteiger partial charge in [-0.2, -0.15) is 13.2 Å². The summed E-state index contributed by atoms with van der Waals surface area (Å²) in [7, 11) is 0. The van der Waals surface area contributed by atoms with Crippen LogP contribution in [0.5, 0.6) is 0 Å². The number of nitrogens with two attached hydrogens (primary N) is 1. The van der Waals surface area contributed by atoms with Gasteiger partial charge < -0.3 is 11.2 Å². The number of benzene rings is 1. The number of alkyl halides is 3. The van der Waals surface area contributed by atoms with Gasteiger partial charge in [-0.05, 0) is 18.1 Å². The second-order valence-electron chi connectivity index (χ2n) is 4.65. The van der Waals surface area contributed by atoms with Crippen LogP contribution in [0.15, 0.2) is 29.4 Å². The largest absolute Gasteiger partial charge is 0.453 e. The minimum atomic E-state index is -4.72. The highest BCUT2D eigenvalue weighted by Gasteiger charge is 2.38. The van der Waals surface area contributed by atoms with Gasteiger partial charge in [-0.3, -0.25) is 4.79 Å². The number of nitrogen functional groups attached to an aromatic ring is 1. The van der Waals surface area contributed by atoms with Crippen LogP contribution >= 0.6 is 11.8 Å². The van der Waals surface area contributed by atoms with Crippen molar-refractivity contribution >= 4 is 17.7 Å². The molecule has 0 aliphatic rings. The van der Waals surface area contributed by atoms with Gasteiger partial charge in [0.2, 0.25) is 11.1 Å². The number of nitrogens with zero attached hydrogens (tertiary/aromatic N) is 3. The number of hydrogen-bond acceptors (Lipinski definition) is 5. The maximum absolute atomic E-state index is 13.4. The van der Waals surface area contributed by atoms with Crippen LogP contribution in [-0.2, 0) is 17.4 Å². The fourth-order valence-corrected chi connectivity index (χ4v) is 2.47. The second-order valence-corrected chi connectivity index (χ2v) is 5.60. The lowest BCUT2D eigenvalue weighted by Gasteiger charge is -2.07. The first-order valence-corrected chi connectivity index (χ1v) is 7.68. The van der Waals surface area contributed by atoms with Crippen molar-refractivity contribution in [2.24, 2.45) is 0 Å². The summed E-state index contributed by atoms with van der Waals surface area (Å²) >= 11 is 0.720. The second kappa shape index (κ2) is 7.51. The highest BCUT2D eigenvalue weighted by molar-refractivity contribution is 7.99. The quantitative estimate of drug-likeness (QED) is 0.463. The van der Waals surface area contributed by atoms with Gasteiger partial charge in [-0.25, -0.2) is 9.07 Å². The van der Waals surface area contributed by atoms with Gasteiger partial charge in [0, 0.05) is 6.54 Å². The molecule has 0 saturated heterocycles. The van der Waals surface area contributed by atoms with E-state index in [9.17, 15) is 22.4 Å². The zero-order valence-corrected chi connectivity index (χ0v) is 13.0. The van der Waals surface area contributed by atoms with Gasteiger partial charge in [0.05, 0.1) is 5.75 Å². The van der Waals surface area contributed by atoms with Gasteiger partial charge in [-0.15, -0.1) is 10.2 Å². The molecule has 1 amide bonds. The van der Waals surface area contributed by atoms with Crippen LogP contribution in [0.3, 0.4) is 0 Å². The Hall–Kier alpha value is -2.30. The molecule has 0 spiro atoms. The molecular formula is C13H13F4N5OS. The van der Waals surface area contributed by atoms with E-state index in [1.807, 2.05) is 0 Å². The van der Waals surface area contributed by atoms with E-state index in [0.717, 1.165) is 11.8 Å². The maximum Gasteiger partial charge on any atom is 0.453 e. The standard InChI is InChI=1S/C13H13F4N5OS/c14-9-4-2-1-3-8(9)5-6-19-10(23)7-24-12-21-20-11(22(12)18)13(15,16)17/h1-4H,5-7,18H2,(H,19,23). The van der Waals surface area contributed by atoms with E-state index < -0.39 is 17.9 Å². The number of hydrogen-bond donors (Lipinski definition) is 2. The summed E-state index contributed by atoms with van der Waals surface area (Å²) in [6, 6.07) is 6.17. The molecule has 6 nitrogen and oxygen atoms in total. The van der Waals surface area contributed by atoms with E-state index in [2.05, 4.69) is 15.5 Å². The molecule has 1 aromatic heterocycles. The van der Waals surface area contributed by atoms with Crippen LogP contribution in [0.4, 0.5) is 17.6 Å². The summed E-state index contributed by atoms with van der Waals surface area (Å²) in [5.74, 6) is 2.91. The van der Waals surface area contributed by atoms with Crippen LogP contribution in [0.2, 0.25) is 0 Å². The van der Waals surface area contributed by atoms with Crippen molar-refractivity contribution in [3.63, 3.8) is 0 Å². The van der Waals surface area contributed by atoms with E-state index in [-0.39, 0.29) is 27.9 Å². The molecule has 3 N–H and O–H groups in total. The van der Waals surface area contributed by atoms with Crippen molar-refractivity contribution in [3.05, 3.63) is 41.5 Å². The molecule has 130 valence electrons. The number of thioether (sulfide) groups is 1. The fourth-order valence-electron chi connectivity index (χ4n) is 1.79. The maximum atomic E-state index is 13.4. The van der Waals surface area contributed by atoms with Crippen molar-refractivity contribution < 1.29 is 22.4 Å². The zero-order chi connectivity index (χ0) is 17.7. The highest BCUT2D eigenvalue weighted by atomic mass is 32.2. The van der Waals surface area contributed by atoms with E-state index in [4.69, 9.17) is 5.84 Å². The third-order valence-corrected chi connectivity index (χ3v) is 3.87. The Morgan fingerprint density at radius 3 is 2.62 bits per heavy atom. The molecule has 0 aliphatic heterocycles. The molecule has 1 heterocycles. The Kier molecular flexibility index (Phi) is 5.65. The number of amides is 1. The number of carbonyl (C=O) groups is 1. The average molecular weight is 363 g/mol. The summed E-state index contributed by atoms with van der Waals surface area (Å²) in [5, 5.41) is 8.55. The molecule has 0 bridgehead atoms. The first-order chi connectivity index (χ1) is 11.3.